The molecule has 124 valence electrons. The fourth-order valence-corrected chi connectivity index (χ4v) is 2.83. The smallest absolute Gasteiger partial charge is 0.152 e. The number of alkyl halides is 1. The molecular weight excluding hydrogens is 362 g/mol. The van der Waals surface area contributed by atoms with Crippen LogP contribution in [0.1, 0.15) is 12.5 Å². The summed E-state index contributed by atoms with van der Waals surface area (Å²) in [6.45, 7) is 1.66. The Bertz CT molecular complexity index is 827. The van der Waals surface area contributed by atoms with Crippen molar-refractivity contribution in [2.45, 2.75) is 12.4 Å². The Labute approximate surface area is 146 Å². The Morgan fingerprint density at radius 3 is 2.38 bits per heavy atom. The first-order valence-electron chi connectivity index (χ1n) is 6.83. The normalized spacial score (nSPS) is 17.6. The zero-order valence-electron chi connectivity index (χ0n) is 12.3. The Balaban J connectivity index is 2.21. The molecule has 0 bridgehead atoms. The SMILES string of the molecule is CC1=C(c2ccc(Cl)nc2)N(c2c(F)cc(F)cc2F)C(Cl)C=N1. The van der Waals surface area contributed by atoms with Crippen LogP contribution in [0.15, 0.2) is 41.2 Å². The van der Waals surface area contributed by atoms with E-state index in [0.29, 0.717) is 29.1 Å². The molecule has 0 amide bonds. The Hall–Kier alpha value is -2.05. The van der Waals surface area contributed by atoms with Crippen LogP contribution in [0, 0.1) is 17.5 Å². The maximum atomic E-state index is 14.3. The minimum atomic E-state index is -1.07. The van der Waals surface area contributed by atoms with Crippen molar-refractivity contribution in [3.8, 4) is 0 Å². The van der Waals surface area contributed by atoms with Crippen molar-refractivity contribution in [2.75, 3.05) is 4.90 Å². The average molecular weight is 372 g/mol. The van der Waals surface area contributed by atoms with Crippen LogP contribution in [0.3, 0.4) is 0 Å². The summed E-state index contributed by atoms with van der Waals surface area (Å²) in [6.07, 6.45) is 2.78. The summed E-state index contributed by atoms with van der Waals surface area (Å²) in [5.74, 6) is -3.15. The van der Waals surface area contributed by atoms with Gasteiger partial charge in [0.05, 0.1) is 11.4 Å². The van der Waals surface area contributed by atoms with E-state index < -0.39 is 28.6 Å². The van der Waals surface area contributed by atoms with Crippen LogP contribution in [0.25, 0.3) is 5.70 Å². The fourth-order valence-electron chi connectivity index (χ4n) is 2.46. The maximum Gasteiger partial charge on any atom is 0.152 e. The van der Waals surface area contributed by atoms with Gasteiger partial charge in [0.15, 0.2) is 11.6 Å². The lowest BCUT2D eigenvalue weighted by Gasteiger charge is -2.33. The molecule has 1 aromatic carbocycles. The van der Waals surface area contributed by atoms with E-state index in [2.05, 4.69) is 9.98 Å². The number of benzene rings is 1. The number of aliphatic imine (C=N–C) groups is 1. The topological polar surface area (TPSA) is 28.5 Å². The molecule has 2 aromatic rings. The highest BCUT2D eigenvalue weighted by Crippen LogP contribution is 2.37. The molecule has 1 aliphatic rings. The molecule has 24 heavy (non-hydrogen) atoms. The number of hydrogen-bond acceptors (Lipinski definition) is 3. The molecule has 3 nitrogen and oxygen atoms in total. The number of aromatic nitrogens is 1. The van der Waals surface area contributed by atoms with Crippen LogP contribution in [0.4, 0.5) is 18.9 Å². The van der Waals surface area contributed by atoms with Crippen molar-refractivity contribution in [1.82, 2.24) is 4.98 Å². The van der Waals surface area contributed by atoms with Gasteiger partial charge in [0.1, 0.15) is 22.2 Å². The molecule has 1 aliphatic heterocycles. The Morgan fingerprint density at radius 2 is 1.79 bits per heavy atom. The van der Waals surface area contributed by atoms with E-state index in [4.69, 9.17) is 23.2 Å². The van der Waals surface area contributed by atoms with Crippen molar-refractivity contribution in [3.05, 3.63) is 64.3 Å². The lowest BCUT2D eigenvalue weighted by molar-refractivity contribution is 0.543. The van der Waals surface area contributed by atoms with Gasteiger partial charge in [0.2, 0.25) is 0 Å². The van der Waals surface area contributed by atoms with E-state index in [1.54, 1.807) is 13.0 Å². The number of hydrogen-bond donors (Lipinski definition) is 0. The molecule has 3 rings (SSSR count). The molecule has 2 heterocycles. The van der Waals surface area contributed by atoms with Gasteiger partial charge in [-0.3, -0.25) is 4.99 Å². The lowest BCUT2D eigenvalue weighted by atomic mass is 10.1. The van der Waals surface area contributed by atoms with E-state index in [0.717, 1.165) is 0 Å². The number of rotatable bonds is 2. The maximum absolute atomic E-state index is 14.3. The summed E-state index contributed by atoms with van der Waals surface area (Å²) in [5, 5.41) is 0.268. The second-order valence-electron chi connectivity index (χ2n) is 5.04. The van der Waals surface area contributed by atoms with Crippen LogP contribution in [0.5, 0.6) is 0 Å². The van der Waals surface area contributed by atoms with Gasteiger partial charge >= 0.3 is 0 Å². The summed E-state index contributed by atoms with van der Waals surface area (Å²) in [7, 11) is 0. The van der Waals surface area contributed by atoms with Crippen molar-refractivity contribution in [3.63, 3.8) is 0 Å². The first-order valence-corrected chi connectivity index (χ1v) is 7.64. The Morgan fingerprint density at radius 1 is 1.12 bits per heavy atom. The molecule has 8 heteroatoms. The molecule has 1 aromatic heterocycles. The summed E-state index contributed by atoms with van der Waals surface area (Å²) in [5.41, 5.74) is -0.0894. The summed E-state index contributed by atoms with van der Waals surface area (Å²) < 4.78 is 41.7. The van der Waals surface area contributed by atoms with Gasteiger partial charge in [-0.15, -0.1) is 0 Å². The van der Waals surface area contributed by atoms with Gasteiger partial charge in [-0.05, 0) is 19.1 Å². The molecule has 1 atom stereocenters. The number of allylic oxidation sites excluding steroid dienone is 1. The van der Waals surface area contributed by atoms with E-state index in [9.17, 15) is 13.2 Å². The van der Waals surface area contributed by atoms with E-state index >= 15 is 0 Å². The van der Waals surface area contributed by atoms with Crippen LogP contribution in [-0.2, 0) is 0 Å². The minimum absolute atomic E-state index is 0.268. The van der Waals surface area contributed by atoms with Crippen LogP contribution >= 0.6 is 23.2 Å². The highest BCUT2D eigenvalue weighted by molar-refractivity contribution is 6.31. The van der Waals surface area contributed by atoms with Gasteiger partial charge in [0.25, 0.3) is 0 Å². The predicted molar refractivity (Wildman–Crippen MR) is 88.8 cm³/mol. The third-order valence-electron chi connectivity index (χ3n) is 3.44. The van der Waals surface area contributed by atoms with Crippen molar-refractivity contribution in [2.24, 2.45) is 4.99 Å². The number of anilines is 1. The second kappa shape index (κ2) is 6.45. The number of halogens is 5. The third kappa shape index (κ3) is 2.99. The molecule has 0 fully saturated rings. The highest BCUT2D eigenvalue weighted by Gasteiger charge is 2.30. The quantitative estimate of drug-likeness (QED) is 0.422. The first-order chi connectivity index (χ1) is 11.4. The highest BCUT2D eigenvalue weighted by atomic mass is 35.5. The largest absolute Gasteiger partial charge is 0.312 e. The monoisotopic (exact) mass is 371 g/mol. The Kier molecular flexibility index (Phi) is 4.51. The molecule has 0 spiro atoms. The van der Waals surface area contributed by atoms with Gasteiger partial charge in [-0.25, -0.2) is 18.2 Å². The number of pyridine rings is 1. The summed E-state index contributed by atoms with van der Waals surface area (Å²) in [6, 6.07) is 4.36. The van der Waals surface area contributed by atoms with Crippen molar-refractivity contribution in [1.29, 1.82) is 0 Å². The fraction of sp³-hybridized carbons (Fsp3) is 0.125. The van der Waals surface area contributed by atoms with Crippen LogP contribution < -0.4 is 4.90 Å². The molecule has 0 saturated heterocycles. The summed E-state index contributed by atoms with van der Waals surface area (Å²) in [4.78, 5) is 9.32. The van der Waals surface area contributed by atoms with Gasteiger partial charge in [0, 0.05) is 30.1 Å². The molecule has 0 saturated carbocycles. The van der Waals surface area contributed by atoms with Gasteiger partial charge in [-0.1, -0.05) is 23.2 Å². The molecule has 0 aliphatic carbocycles. The summed E-state index contributed by atoms with van der Waals surface area (Å²) >= 11 is 12.0. The van der Waals surface area contributed by atoms with Crippen LogP contribution in [0.2, 0.25) is 5.15 Å². The lowest BCUT2D eigenvalue weighted by Crippen LogP contribution is -2.35. The average Bonchev–Trinajstić information content (AvgIpc) is 2.51. The van der Waals surface area contributed by atoms with Crippen molar-refractivity contribution < 1.29 is 13.2 Å². The number of nitrogens with zero attached hydrogens (tertiary/aromatic N) is 3. The molecule has 0 N–H and O–H groups in total. The molecular formula is C16H10Cl2F3N3. The van der Waals surface area contributed by atoms with Crippen molar-refractivity contribution >= 4 is 40.8 Å². The van der Waals surface area contributed by atoms with E-state index in [-0.39, 0.29) is 5.15 Å². The zero-order valence-corrected chi connectivity index (χ0v) is 13.8. The standard InChI is InChI=1S/C16H10Cl2F3N3/c1-8-15(9-2-3-13(17)23-6-9)24(14(18)7-22-8)16-11(20)4-10(19)5-12(16)21/h2-7,14H,1H3. The first kappa shape index (κ1) is 16.8. The van der Waals surface area contributed by atoms with Crippen LogP contribution in [-0.4, -0.2) is 16.7 Å². The van der Waals surface area contributed by atoms with E-state index in [1.807, 2.05) is 0 Å². The minimum Gasteiger partial charge on any atom is -0.312 e. The molecule has 1 unspecified atom stereocenters. The second-order valence-corrected chi connectivity index (χ2v) is 5.88. The van der Waals surface area contributed by atoms with Gasteiger partial charge in [-0.2, -0.15) is 0 Å². The van der Waals surface area contributed by atoms with E-state index in [1.165, 1.54) is 23.4 Å². The molecule has 0 radical (unpaired) electrons. The predicted octanol–water partition coefficient (Wildman–Crippen LogP) is 5.00. The third-order valence-corrected chi connectivity index (χ3v) is 3.98. The zero-order chi connectivity index (χ0) is 17.4. The van der Waals surface area contributed by atoms with Gasteiger partial charge < -0.3 is 4.90 Å².